The number of hydrogen-bond acceptors (Lipinski definition) is 4. The molecule has 1 N–H and O–H groups in total. The molecule has 0 aliphatic carbocycles. The third-order valence-corrected chi connectivity index (χ3v) is 3.44. The summed E-state index contributed by atoms with van der Waals surface area (Å²) in [4.78, 5) is 0. The SMILES string of the molecule is Clc1cc(Br)ccc1CNCc1csnn1. The van der Waals surface area contributed by atoms with E-state index in [9.17, 15) is 0 Å². The van der Waals surface area contributed by atoms with Gasteiger partial charge in [-0.25, -0.2) is 0 Å². The van der Waals surface area contributed by atoms with E-state index in [1.807, 2.05) is 23.6 Å². The maximum atomic E-state index is 6.09. The molecule has 2 rings (SSSR count). The van der Waals surface area contributed by atoms with Gasteiger partial charge in [0.25, 0.3) is 0 Å². The fourth-order valence-corrected chi connectivity index (χ4v) is 2.44. The zero-order valence-electron chi connectivity index (χ0n) is 8.28. The number of nitrogens with one attached hydrogen (secondary N) is 1. The van der Waals surface area contributed by atoms with Crippen molar-refractivity contribution in [2.24, 2.45) is 0 Å². The molecule has 6 heteroatoms. The third-order valence-electron chi connectivity index (χ3n) is 2.04. The summed E-state index contributed by atoms with van der Waals surface area (Å²) in [6.45, 7) is 1.44. The first-order valence-corrected chi connectivity index (χ1v) is 6.67. The standard InChI is InChI=1S/C10H9BrClN3S/c11-8-2-1-7(10(12)3-8)4-13-5-9-6-16-15-14-9/h1-3,6,13H,4-5H2. The molecule has 0 saturated heterocycles. The van der Waals surface area contributed by atoms with Gasteiger partial charge in [0.05, 0.1) is 5.69 Å². The highest BCUT2D eigenvalue weighted by molar-refractivity contribution is 9.10. The Kier molecular flexibility index (Phi) is 4.29. The Morgan fingerprint density at radius 2 is 2.25 bits per heavy atom. The molecule has 0 saturated carbocycles. The highest BCUT2D eigenvalue weighted by atomic mass is 79.9. The van der Waals surface area contributed by atoms with Crippen molar-refractivity contribution in [1.29, 1.82) is 0 Å². The lowest BCUT2D eigenvalue weighted by Crippen LogP contribution is -2.13. The van der Waals surface area contributed by atoms with E-state index in [-0.39, 0.29) is 0 Å². The molecular formula is C10H9BrClN3S. The van der Waals surface area contributed by atoms with E-state index < -0.39 is 0 Å². The first kappa shape index (κ1) is 12.0. The van der Waals surface area contributed by atoms with Crippen molar-refractivity contribution in [3.63, 3.8) is 0 Å². The lowest BCUT2D eigenvalue weighted by molar-refractivity contribution is 0.677. The number of benzene rings is 1. The van der Waals surface area contributed by atoms with E-state index in [4.69, 9.17) is 11.6 Å². The van der Waals surface area contributed by atoms with Crippen LogP contribution < -0.4 is 5.32 Å². The summed E-state index contributed by atoms with van der Waals surface area (Å²) >= 11 is 10.8. The van der Waals surface area contributed by atoms with Crippen molar-refractivity contribution in [3.05, 3.63) is 44.3 Å². The average molecular weight is 319 g/mol. The van der Waals surface area contributed by atoms with Crippen LogP contribution in [0.3, 0.4) is 0 Å². The summed E-state index contributed by atoms with van der Waals surface area (Å²) in [6.07, 6.45) is 0. The van der Waals surface area contributed by atoms with Crippen LogP contribution in [0, 0.1) is 0 Å². The van der Waals surface area contributed by atoms with Crippen LogP contribution in [0.5, 0.6) is 0 Å². The highest BCUT2D eigenvalue weighted by Gasteiger charge is 2.01. The topological polar surface area (TPSA) is 37.8 Å². The quantitative estimate of drug-likeness (QED) is 0.940. The Hall–Kier alpha value is -0.490. The first-order valence-electron chi connectivity index (χ1n) is 4.66. The number of rotatable bonds is 4. The average Bonchev–Trinajstić information content (AvgIpc) is 2.74. The van der Waals surface area contributed by atoms with Gasteiger partial charge in [-0.1, -0.05) is 38.1 Å². The monoisotopic (exact) mass is 317 g/mol. The summed E-state index contributed by atoms with van der Waals surface area (Å²) in [5, 5.41) is 9.91. The zero-order chi connectivity index (χ0) is 11.4. The van der Waals surface area contributed by atoms with Gasteiger partial charge in [-0.3, -0.25) is 0 Å². The largest absolute Gasteiger partial charge is 0.307 e. The fraction of sp³-hybridized carbons (Fsp3) is 0.200. The number of halogens is 2. The van der Waals surface area contributed by atoms with Crippen LogP contribution in [0.2, 0.25) is 5.02 Å². The van der Waals surface area contributed by atoms with Crippen LogP contribution in [-0.2, 0) is 13.1 Å². The molecule has 1 aromatic carbocycles. The van der Waals surface area contributed by atoms with Crippen LogP contribution in [0.4, 0.5) is 0 Å². The zero-order valence-corrected chi connectivity index (χ0v) is 11.4. The maximum Gasteiger partial charge on any atom is 0.0893 e. The van der Waals surface area contributed by atoms with Crippen molar-refractivity contribution in [3.8, 4) is 0 Å². The van der Waals surface area contributed by atoms with E-state index in [1.165, 1.54) is 11.5 Å². The molecule has 0 unspecified atom stereocenters. The molecule has 0 aliphatic rings. The maximum absolute atomic E-state index is 6.09. The summed E-state index contributed by atoms with van der Waals surface area (Å²) in [5.41, 5.74) is 2.03. The van der Waals surface area contributed by atoms with Gasteiger partial charge in [-0.2, -0.15) is 0 Å². The van der Waals surface area contributed by atoms with E-state index >= 15 is 0 Å². The molecule has 84 valence electrons. The van der Waals surface area contributed by atoms with Crippen molar-refractivity contribution in [2.45, 2.75) is 13.1 Å². The Labute approximate surface area is 111 Å². The van der Waals surface area contributed by atoms with Gasteiger partial charge < -0.3 is 5.32 Å². The Morgan fingerprint density at radius 3 is 2.94 bits per heavy atom. The van der Waals surface area contributed by atoms with E-state index in [0.29, 0.717) is 6.54 Å². The van der Waals surface area contributed by atoms with Gasteiger partial charge in [0.2, 0.25) is 0 Å². The lowest BCUT2D eigenvalue weighted by Gasteiger charge is -2.05. The molecule has 0 radical (unpaired) electrons. The highest BCUT2D eigenvalue weighted by Crippen LogP contribution is 2.21. The predicted octanol–water partition coefficient (Wildman–Crippen LogP) is 3.24. The van der Waals surface area contributed by atoms with Crippen molar-refractivity contribution in [1.82, 2.24) is 14.9 Å². The Balaban J connectivity index is 1.90. The number of nitrogens with zero attached hydrogens (tertiary/aromatic N) is 2. The summed E-state index contributed by atoms with van der Waals surface area (Å²) in [5.74, 6) is 0. The molecule has 1 aromatic heterocycles. The van der Waals surface area contributed by atoms with Gasteiger partial charge in [0.1, 0.15) is 0 Å². The Morgan fingerprint density at radius 1 is 1.38 bits per heavy atom. The van der Waals surface area contributed by atoms with Gasteiger partial charge in [0, 0.05) is 28.0 Å². The van der Waals surface area contributed by atoms with E-state index in [2.05, 4.69) is 30.8 Å². The van der Waals surface area contributed by atoms with E-state index in [1.54, 1.807) is 0 Å². The van der Waals surface area contributed by atoms with Crippen LogP contribution in [0.1, 0.15) is 11.3 Å². The third kappa shape index (κ3) is 3.25. The lowest BCUT2D eigenvalue weighted by atomic mass is 10.2. The van der Waals surface area contributed by atoms with Crippen LogP contribution >= 0.6 is 39.1 Å². The molecule has 1 heterocycles. The minimum Gasteiger partial charge on any atom is -0.307 e. The van der Waals surface area contributed by atoms with Gasteiger partial charge in [-0.15, -0.1) is 5.10 Å². The smallest absolute Gasteiger partial charge is 0.0893 e. The molecule has 0 aliphatic heterocycles. The predicted molar refractivity (Wildman–Crippen MR) is 69.6 cm³/mol. The first-order chi connectivity index (χ1) is 7.75. The van der Waals surface area contributed by atoms with Crippen LogP contribution in [0.25, 0.3) is 0 Å². The fourth-order valence-electron chi connectivity index (χ4n) is 1.25. The molecular weight excluding hydrogens is 310 g/mol. The molecule has 0 amide bonds. The summed E-state index contributed by atoms with van der Waals surface area (Å²) < 4.78 is 4.79. The molecule has 0 atom stereocenters. The van der Waals surface area contributed by atoms with Crippen molar-refractivity contribution >= 4 is 39.1 Å². The van der Waals surface area contributed by atoms with Crippen molar-refractivity contribution in [2.75, 3.05) is 0 Å². The van der Waals surface area contributed by atoms with Gasteiger partial charge in [-0.05, 0) is 29.2 Å². The molecule has 0 spiro atoms. The van der Waals surface area contributed by atoms with Gasteiger partial charge in [0.15, 0.2) is 0 Å². The van der Waals surface area contributed by atoms with Crippen LogP contribution in [-0.4, -0.2) is 9.59 Å². The second kappa shape index (κ2) is 5.72. The van der Waals surface area contributed by atoms with Crippen molar-refractivity contribution < 1.29 is 0 Å². The minimum absolute atomic E-state index is 0.711. The summed E-state index contributed by atoms with van der Waals surface area (Å²) in [6, 6.07) is 5.87. The normalized spacial score (nSPS) is 10.6. The minimum atomic E-state index is 0.711. The van der Waals surface area contributed by atoms with Crippen LogP contribution in [0.15, 0.2) is 28.1 Å². The molecule has 2 aromatic rings. The molecule has 0 bridgehead atoms. The molecule has 16 heavy (non-hydrogen) atoms. The number of aromatic nitrogens is 2. The Bertz CT molecular complexity index is 461. The van der Waals surface area contributed by atoms with Gasteiger partial charge >= 0.3 is 0 Å². The molecule has 0 fully saturated rings. The molecule has 3 nitrogen and oxygen atoms in total. The number of hydrogen-bond donors (Lipinski definition) is 1. The second-order valence-corrected chi connectivity index (χ2v) is 5.17. The summed E-state index contributed by atoms with van der Waals surface area (Å²) in [7, 11) is 0. The second-order valence-electron chi connectivity index (χ2n) is 3.24. The van der Waals surface area contributed by atoms with E-state index in [0.717, 1.165) is 27.3 Å².